The molecular weight excluding hydrogens is 214 g/mol. The third kappa shape index (κ3) is 2.60. The van der Waals surface area contributed by atoms with Crippen LogP contribution in [0.25, 0.3) is 0 Å². The number of anilines is 1. The lowest BCUT2D eigenvalue weighted by Gasteiger charge is -2.13. The fourth-order valence-electron chi connectivity index (χ4n) is 1.76. The van der Waals surface area contributed by atoms with Gasteiger partial charge in [0, 0.05) is 30.7 Å². The van der Waals surface area contributed by atoms with Crippen LogP contribution in [-0.4, -0.2) is 15.1 Å². The second-order valence-electron chi connectivity index (χ2n) is 4.00. The van der Waals surface area contributed by atoms with Crippen molar-refractivity contribution in [3.05, 3.63) is 53.6 Å². The molecule has 3 N–H and O–H groups in total. The largest absolute Gasteiger partial charge is 0.398 e. The number of nitrogen functional groups attached to an aromatic ring is 1. The number of hydrogen-bond donors (Lipinski definition) is 2. The molecule has 0 aliphatic carbocycles. The number of aliphatic hydroxyl groups is 1. The number of aryl methyl sites for hydroxylation is 1. The van der Waals surface area contributed by atoms with Crippen LogP contribution in [-0.2, 0) is 6.42 Å². The van der Waals surface area contributed by atoms with E-state index in [1.807, 2.05) is 19.1 Å². The van der Waals surface area contributed by atoms with Crippen LogP contribution < -0.4 is 5.73 Å². The molecule has 2 rings (SSSR count). The van der Waals surface area contributed by atoms with Gasteiger partial charge in [0.2, 0.25) is 0 Å². The summed E-state index contributed by atoms with van der Waals surface area (Å²) in [6.45, 7) is 1.93. The van der Waals surface area contributed by atoms with E-state index in [2.05, 4.69) is 9.97 Å². The van der Waals surface area contributed by atoms with Gasteiger partial charge in [0.1, 0.15) is 6.10 Å². The fourth-order valence-corrected chi connectivity index (χ4v) is 1.76. The van der Waals surface area contributed by atoms with Crippen LogP contribution in [0.4, 0.5) is 5.69 Å². The Morgan fingerprint density at radius 2 is 2.18 bits per heavy atom. The van der Waals surface area contributed by atoms with Crippen molar-refractivity contribution in [2.24, 2.45) is 0 Å². The third-order valence-corrected chi connectivity index (χ3v) is 2.72. The minimum atomic E-state index is -0.650. The van der Waals surface area contributed by atoms with Gasteiger partial charge in [-0.05, 0) is 30.2 Å². The van der Waals surface area contributed by atoms with Gasteiger partial charge >= 0.3 is 0 Å². The van der Waals surface area contributed by atoms with E-state index < -0.39 is 6.10 Å². The second kappa shape index (κ2) is 4.93. The molecule has 0 radical (unpaired) electrons. The van der Waals surface area contributed by atoms with Crippen molar-refractivity contribution in [2.45, 2.75) is 19.4 Å². The van der Waals surface area contributed by atoms with Crippen molar-refractivity contribution in [2.75, 3.05) is 5.73 Å². The normalized spacial score (nSPS) is 12.4. The van der Waals surface area contributed by atoms with Crippen LogP contribution in [0.15, 0.2) is 36.8 Å². The maximum atomic E-state index is 10.1. The molecule has 0 bridgehead atoms. The van der Waals surface area contributed by atoms with Crippen LogP contribution in [0.5, 0.6) is 0 Å². The molecule has 0 spiro atoms. The van der Waals surface area contributed by atoms with Crippen molar-refractivity contribution in [1.82, 2.24) is 9.97 Å². The molecule has 0 aliphatic heterocycles. The van der Waals surface area contributed by atoms with Gasteiger partial charge in [-0.3, -0.25) is 9.97 Å². The molecule has 0 amide bonds. The maximum Gasteiger partial charge on any atom is 0.100 e. The number of nitrogens with zero attached hydrogens (tertiary/aromatic N) is 2. The monoisotopic (exact) mass is 229 g/mol. The molecule has 88 valence electrons. The smallest absolute Gasteiger partial charge is 0.100 e. The molecule has 0 aliphatic rings. The van der Waals surface area contributed by atoms with Crippen molar-refractivity contribution in [3.63, 3.8) is 0 Å². The van der Waals surface area contributed by atoms with E-state index in [0.717, 1.165) is 11.1 Å². The molecule has 4 nitrogen and oxygen atoms in total. The Balaban J connectivity index is 2.20. The molecule has 0 aromatic carbocycles. The molecule has 1 atom stereocenters. The standard InChI is InChI=1S/C13H15N3O/c1-9-3-2-5-16-13(9)12(17)7-10-8-15-6-4-11(10)14/h2-6,8,12,17H,7H2,1H3,(H2,14,15). The Hall–Kier alpha value is -1.94. The molecule has 2 heterocycles. The first-order valence-electron chi connectivity index (χ1n) is 5.46. The van der Waals surface area contributed by atoms with Crippen LogP contribution >= 0.6 is 0 Å². The molecular formula is C13H15N3O. The molecule has 2 aromatic heterocycles. The van der Waals surface area contributed by atoms with Crippen molar-refractivity contribution in [1.29, 1.82) is 0 Å². The molecule has 0 saturated heterocycles. The minimum Gasteiger partial charge on any atom is -0.398 e. The predicted octanol–water partition coefficient (Wildman–Crippen LogP) is 1.64. The zero-order valence-electron chi connectivity index (χ0n) is 9.67. The first kappa shape index (κ1) is 11.5. The molecule has 4 heteroatoms. The average molecular weight is 229 g/mol. The topological polar surface area (TPSA) is 72.0 Å². The minimum absolute atomic E-state index is 0.428. The summed E-state index contributed by atoms with van der Waals surface area (Å²) in [5.41, 5.74) is 8.96. The number of nitrogens with two attached hydrogens (primary N) is 1. The number of aliphatic hydroxyl groups excluding tert-OH is 1. The maximum absolute atomic E-state index is 10.1. The summed E-state index contributed by atoms with van der Waals surface area (Å²) in [7, 11) is 0. The highest BCUT2D eigenvalue weighted by molar-refractivity contribution is 5.45. The van der Waals surface area contributed by atoms with Gasteiger partial charge in [-0.15, -0.1) is 0 Å². The average Bonchev–Trinajstić information content (AvgIpc) is 2.32. The molecule has 2 aromatic rings. The third-order valence-electron chi connectivity index (χ3n) is 2.72. The van der Waals surface area contributed by atoms with E-state index in [-0.39, 0.29) is 0 Å². The van der Waals surface area contributed by atoms with Gasteiger partial charge < -0.3 is 10.8 Å². The van der Waals surface area contributed by atoms with E-state index in [1.165, 1.54) is 0 Å². The Bertz CT molecular complexity index is 514. The highest BCUT2D eigenvalue weighted by Crippen LogP contribution is 2.21. The molecule has 17 heavy (non-hydrogen) atoms. The number of pyridine rings is 2. The molecule has 0 saturated carbocycles. The van der Waals surface area contributed by atoms with Gasteiger partial charge in [-0.25, -0.2) is 0 Å². The Kier molecular flexibility index (Phi) is 3.35. The predicted molar refractivity (Wildman–Crippen MR) is 66.3 cm³/mol. The van der Waals surface area contributed by atoms with Crippen molar-refractivity contribution >= 4 is 5.69 Å². The van der Waals surface area contributed by atoms with Gasteiger partial charge in [0.15, 0.2) is 0 Å². The van der Waals surface area contributed by atoms with Gasteiger partial charge in [0.25, 0.3) is 0 Å². The Labute approximate surface area is 100 Å². The Morgan fingerprint density at radius 3 is 2.88 bits per heavy atom. The van der Waals surface area contributed by atoms with E-state index in [4.69, 9.17) is 5.73 Å². The highest BCUT2D eigenvalue weighted by Gasteiger charge is 2.13. The molecule has 1 unspecified atom stereocenters. The first-order chi connectivity index (χ1) is 8.18. The van der Waals surface area contributed by atoms with Crippen LogP contribution in [0.1, 0.15) is 22.9 Å². The Morgan fingerprint density at radius 1 is 1.35 bits per heavy atom. The lowest BCUT2D eigenvalue weighted by atomic mass is 10.0. The summed E-state index contributed by atoms with van der Waals surface area (Å²) in [4.78, 5) is 8.20. The lowest BCUT2D eigenvalue weighted by molar-refractivity contribution is 0.173. The second-order valence-corrected chi connectivity index (χ2v) is 4.00. The van der Waals surface area contributed by atoms with Crippen molar-refractivity contribution < 1.29 is 5.11 Å². The lowest BCUT2D eigenvalue weighted by Crippen LogP contribution is -2.08. The fraction of sp³-hybridized carbons (Fsp3) is 0.231. The number of rotatable bonds is 3. The SMILES string of the molecule is Cc1cccnc1C(O)Cc1cnccc1N. The summed E-state index contributed by atoms with van der Waals surface area (Å²) in [5, 5.41) is 10.1. The first-order valence-corrected chi connectivity index (χ1v) is 5.46. The quantitative estimate of drug-likeness (QED) is 0.839. The van der Waals surface area contributed by atoms with E-state index in [0.29, 0.717) is 17.8 Å². The summed E-state index contributed by atoms with van der Waals surface area (Å²) in [5.74, 6) is 0. The zero-order chi connectivity index (χ0) is 12.3. The summed E-state index contributed by atoms with van der Waals surface area (Å²) in [6.07, 6.45) is 4.77. The highest BCUT2D eigenvalue weighted by atomic mass is 16.3. The number of aromatic nitrogens is 2. The zero-order valence-corrected chi connectivity index (χ0v) is 9.67. The van der Waals surface area contributed by atoms with Gasteiger partial charge in [0.05, 0.1) is 5.69 Å². The van der Waals surface area contributed by atoms with E-state index >= 15 is 0 Å². The van der Waals surface area contributed by atoms with E-state index in [9.17, 15) is 5.11 Å². The summed E-state index contributed by atoms with van der Waals surface area (Å²) >= 11 is 0. The van der Waals surface area contributed by atoms with E-state index in [1.54, 1.807) is 24.7 Å². The summed E-state index contributed by atoms with van der Waals surface area (Å²) < 4.78 is 0. The number of hydrogen-bond acceptors (Lipinski definition) is 4. The summed E-state index contributed by atoms with van der Waals surface area (Å²) in [6, 6.07) is 5.51. The van der Waals surface area contributed by atoms with Crippen LogP contribution in [0, 0.1) is 6.92 Å². The van der Waals surface area contributed by atoms with Crippen LogP contribution in [0.2, 0.25) is 0 Å². The van der Waals surface area contributed by atoms with Crippen molar-refractivity contribution in [3.8, 4) is 0 Å². The van der Waals surface area contributed by atoms with Crippen LogP contribution in [0.3, 0.4) is 0 Å². The van der Waals surface area contributed by atoms with Gasteiger partial charge in [-0.2, -0.15) is 0 Å². The van der Waals surface area contributed by atoms with Gasteiger partial charge in [-0.1, -0.05) is 6.07 Å². The molecule has 0 fully saturated rings.